The van der Waals surface area contributed by atoms with Crippen LogP contribution in [0, 0.1) is 0 Å². The fraction of sp³-hybridized carbons (Fsp3) is 0.750. The van der Waals surface area contributed by atoms with Crippen LogP contribution in [-0.4, -0.2) is 15.6 Å². The summed E-state index contributed by atoms with van der Waals surface area (Å²) in [5, 5.41) is 0.537. The molecule has 0 saturated heterocycles. The molecule has 2 nitrogen and oxygen atoms in total. The second-order valence-corrected chi connectivity index (χ2v) is 4.01. The van der Waals surface area contributed by atoms with Gasteiger partial charge in [-0.25, -0.2) is 0 Å². The minimum absolute atomic E-state index is 0.352. The Bertz CT molecular complexity index is 102. The highest BCUT2D eigenvalue weighted by atomic mass is 79.9. The van der Waals surface area contributed by atoms with E-state index in [1.54, 1.807) is 6.92 Å². The normalized spacial score (nSPS) is 17.4. The number of nitrogens with two attached hydrogens (primary N) is 1. The summed E-state index contributed by atoms with van der Waals surface area (Å²) in [7, 11) is 0. The molecule has 0 saturated carbocycles. The van der Waals surface area contributed by atoms with Crippen molar-refractivity contribution in [1.82, 2.24) is 0 Å². The van der Waals surface area contributed by atoms with Crippen LogP contribution in [0.15, 0.2) is 0 Å². The first kappa shape index (κ1) is 8.43. The van der Waals surface area contributed by atoms with E-state index in [4.69, 9.17) is 5.73 Å². The van der Waals surface area contributed by atoms with E-state index in [0.29, 0.717) is 5.33 Å². The van der Waals surface area contributed by atoms with E-state index in [9.17, 15) is 4.79 Å². The maximum absolute atomic E-state index is 10.4. The highest BCUT2D eigenvalue weighted by Gasteiger charge is 2.25. The zero-order valence-electron chi connectivity index (χ0n) is 4.45. The van der Waals surface area contributed by atoms with Gasteiger partial charge in [0.25, 0.3) is 0 Å². The van der Waals surface area contributed by atoms with Crippen molar-refractivity contribution in [1.29, 1.82) is 0 Å². The predicted molar refractivity (Wildman–Crippen MR) is 40.3 cm³/mol. The van der Waals surface area contributed by atoms with Crippen LogP contribution in [0.5, 0.6) is 0 Å². The van der Waals surface area contributed by atoms with Gasteiger partial charge in [0, 0.05) is 5.33 Å². The fourth-order valence-electron chi connectivity index (χ4n) is 0.0659. The van der Waals surface area contributed by atoms with Crippen molar-refractivity contribution in [2.75, 3.05) is 5.33 Å². The predicted octanol–water partition coefficient (Wildman–Crippen LogP) is 1.02. The molecule has 1 amide bonds. The Balaban J connectivity index is 3.91. The molecular formula is C4H7Br2NO. The number of carbonyl (C=O) groups excluding carboxylic acids is 1. The zero-order valence-corrected chi connectivity index (χ0v) is 7.62. The average molecular weight is 245 g/mol. The van der Waals surface area contributed by atoms with Gasteiger partial charge in [-0.3, -0.25) is 4.79 Å². The van der Waals surface area contributed by atoms with Crippen LogP contribution in [0.3, 0.4) is 0 Å². The monoisotopic (exact) mass is 243 g/mol. The molecule has 0 aromatic heterocycles. The molecule has 0 bridgehead atoms. The van der Waals surface area contributed by atoms with Crippen molar-refractivity contribution in [3.63, 3.8) is 0 Å². The number of amides is 1. The van der Waals surface area contributed by atoms with Crippen LogP contribution in [0.1, 0.15) is 6.92 Å². The lowest BCUT2D eigenvalue weighted by Crippen LogP contribution is -2.36. The largest absolute Gasteiger partial charge is 0.368 e. The Morgan fingerprint density at radius 1 is 1.88 bits per heavy atom. The Hall–Kier alpha value is 0.430. The lowest BCUT2D eigenvalue weighted by molar-refractivity contribution is -0.119. The van der Waals surface area contributed by atoms with Crippen LogP contribution in [0.2, 0.25) is 0 Å². The van der Waals surface area contributed by atoms with Crippen molar-refractivity contribution in [2.45, 2.75) is 11.2 Å². The van der Waals surface area contributed by atoms with Gasteiger partial charge >= 0.3 is 0 Å². The van der Waals surface area contributed by atoms with E-state index in [1.807, 2.05) is 0 Å². The number of halogens is 2. The average Bonchev–Trinajstić information content (AvgIpc) is 1.67. The van der Waals surface area contributed by atoms with E-state index >= 15 is 0 Å². The number of primary amides is 1. The molecule has 0 aliphatic carbocycles. The number of alkyl halides is 2. The van der Waals surface area contributed by atoms with Gasteiger partial charge in [0.2, 0.25) is 5.91 Å². The van der Waals surface area contributed by atoms with E-state index in [-0.39, 0.29) is 5.91 Å². The summed E-state index contributed by atoms with van der Waals surface area (Å²) in [5.74, 6) is -0.352. The summed E-state index contributed by atoms with van der Waals surface area (Å²) in [6, 6.07) is 0. The van der Waals surface area contributed by atoms with Crippen molar-refractivity contribution in [2.24, 2.45) is 5.73 Å². The van der Waals surface area contributed by atoms with Crippen LogP contribution in [0.25, 0.3) is 0 Å². The summed E-state index contributed by atoms with van der Waals surface area (Å²) in [6.45, 7) is 1.71. The summed E-state index contributed by atoms with van der Waals surface area (Å²) in [6.07, 6.45) is 0. The van der Waals surface area contributed by atoms with Gasteiger partial charge in [-0.2, -0.15) is 0 Å². The smallest absolute Gasteiger partial charge is 0.234 e. The molecule has 2 N–H and O–H groups in total. The van der Waals surface area contributed by atoms with Gasteiger partial charge in [-0.05, 0) is 6.92 Å². The molecule has 1 unspecified atom stereocenters. The van der Waals surface area contributed by atoms with Crippen LogP contribution in [0.4, 0.5) is 0 Å². The van der Waals surface area contributed by atoms with Crippen molar-refractivity contribution < 1.29 is 4.79 Å². The molecule has 8 heavy (non-hydrogen) atoms. The standard InChI is InChI=1S/C4H7Br2NO/c1-4(6,2-5)3(7)8/h2H2,1H3,(H2,7,8). The molecule has 0 aliphatic heterocycles. The topological polar surface area (TPSA) is 43.1 Å². The molecule has 4 heteroatoms. The summed E-state index contributed by atoms with van der Waals surface area (Å²) >= 11 is 6.25. The minimum atomic E-state index is -0.590. The first-order valence-corrected chi connectivity index (χ1v) is 3.97. The summed E-state index contributed by atoms with van der Waals surface area (Å²) in [4.78, 5) is 10.4. The molecule has 0 rings (SSSR count). The number of hydrogen-bond acceptors (Lipinski definition) is 1. The minimum Gasteiger partial charge on any atom is -0.368 e. The SMILES string of the molecule is CC(Br)(CBr)C(N)=O. The van der Waals surface area contributed by atoms with Gasteiger partial charge in [-0.1, -0.05) is 31.9 Å². The maximum atomic E-state index is 10.4. The lowest BCUT2D eigenvalue weighted by atomic mass is 10.2. The first-order chi connectivity index (χ1) is 3.50. The van der Waals surface area contributed by atoms with Crippen LogP contribution in [-0.2, 0) is 4.79 Å². The van der Waals surface area contributed by atoms with E-state index in [1.165, 1.54) is 0 Å². The van der Waals surface area contributed by atoms with Crippen molar-refractivity contribution >= 4 is 37.8 Å². The second kappa shape index (κ2) is 2.82. The Morgan fingerprint density at radius 3 is 2.25 bits per heavy atom. The van der Waals surface area contributed by atoms with Gasteiger partial charge in [0.15, 0.2) is 0 Å². The van der Waals surface area contributed by atoms with Crippen LogP contribution < -0.4 is 5.73 Å². The Kier molecular flexibility index (Phi) is 2.98. The number of carbonyl (C=O) groups is 1. The molecule has 0 aromatic rings. The van der Waals surface area contributed by atoms with Gasteiger partial charge < -0.3 is 5.73 Å². The highest BCUT2D eigenvalue weighted by Crippen LogP contribution is 2.18. The Morgan fingerprint density at radius 2 is 2.25 bits per heavy atom. The molecule has 48 valence electrons. The van der Waals surface area contributed by atoms with E-state index in [0.717, 1.165) is 0 Å². The van der Waals surface area contributed by atoms with Gasteiger partial charge in [0.1, 0.15) is 4.32 Å². The quantitative estimate of drug-likeness (QED) is 0.725. The zero-order chi connectivity index (χ0) is 6.78. The molecule has 0 spiro atoms. The molecule has 1 atom stereocenters. The third-order valence-electron chi connectivity index (χ3n) is 0.765. The molecule has 0 aromatic carbocycles. The second-order valence-electron chi connectivity index (χ2n) is 1.70. The number of hydrogen-bond donors (Lipinski definition) is 1. The fourth-order valence-corrected chi connectivity index (χ4v) is 0.342. The van der Waals surface area contributed by atoms with Crippen LogP contribution >= 0.6 is 31.9 Å². The first-order valence-electron chi connectivity index (χ1n) is 2.05. The molecule has 0 heterocycles. The van der Waals surface area contributed by atoms with Gasteiger partial charge in [0.05, 0.1) is 0 Å². The Labute approximate surface area is 65.1 Å². The maximum Gasteiger partial charge on any atom is 0.234 e. The third kappa shape index (κ3) is 2.13. The summed E-state index contributed by atoms with van der Waals surface area (Å²) < 4.78 is -0.590. The third-order valence-corrected chi connectivity index (χ3v) is 3.31. The van der Waals surface area contributed by atoms with Gasteiger partial charge in [-0.15, -0.1) is 0 Å². The number of rotatable bonds is 2. The molecular weight excluding hydrogens is 238 g/mol. The molecule has 0 fully saturated rings. The molecule has 0 aliphatic rings. The molecule has 0 radical (unpaired) electrons. The van der Waals surface area contributed by atoms with E-state index in [2.05, 4.69) is 31.9 Å². The lowest BCUT2D eigenvalue weighted by Gasteiger charge is -2.12. The van der Waals surface area contributed by atoms with Crippen molar-refractivity contribution in [3.8, 4) is 0 Å². The van der Waals surface area contributed by atoms with Crippen molar-refractivity contribution in [3.05, 3.63) is 0 Å². The summed E-state index contributed by atoms with van der Waals surface area (Å²) in [5.41, 5.74) is 4.96. The highest BCUT2D eigenvalue weighted by molar-refractivity contribution is 9.12. The van der Waals surface area contributed by atoms with E-state index < -0.39 is 4.32 Å².